The summed E-state index contributed by atoms with van der Waals surface area (Å²) in [6, 6.07) is 16.6. The van der Waals surface area contributed by atoms with Crippen LogP contribution in [0.25, 0.3) is 11.1 Å². The number of aliphatic imine (C=N–C) groups is 1. The van der Waals surface area contributed by atoms with Gasteiger partial charge in [0, 0.05) is 11.8 Å². The van der Waals surface area contributed by atoms with E-state index in [9.17, 15) is 4.39 Å². The second-order valence-electron chi connectivity index (χ2n) is 5.42. The standard InChI is InChI=1S/C21H23FN2/c1-3-4-15-23-21(24-16-5-14-22)20-12-10-19(11-13-20)18-8-6-17(2)7-9-18/h4-13,15-16H,3,14H2,1-2H3,(H,23,24)/b15-4+,16-5+. The normalized spacial score (nSPS) is 12.2. The number of benzene rings is 2. The van der Waals surface area contributed by atoms with E-state index in [0.717, 1.165) is 17.5 Å². The lowest BCUT2D eigenvalue weighted by Gasteiger charge is -2.08. The fourth-order valence-electron chi connectivity index (χ4n) is 2.18. The maximum atomic E-state index is 12.2. The molecule has 0 saturated carbocycles. The predicted octanol–water partition coefficient (Wildman–Crippen LogP) is 5.41. The van der Waals surface area contributed by atoms with E-state index in [-0.39, 0.29) is 0 Å². The monoisotopic (exact) mass is 322 g/mol. The number of aryl methyl sites for hydroxylation is 1. The minimum atomic E-state index is -0.520. The third-order valence-corrected chi connectivity index (χ3v) is 3.51. The molecule has 0 unspecified atom stereocenters. The van der Waals surface area contributed by atoms with Gasteiger partial charge in [0.2, 0.25) is 0 Å². The molecule has 1 N–H and O–H groups in total. The molecular formula is C21H23FN2. The molecule has 2 aromatic rings. The summed E-state index contributed by atoms with van der Waals surface area (Å²) < 4.78 is 12.2. The Labute approximate surface area is 143 Å². The van der Waals surface area contributed by atoms with Gasteiger partial charge >= 0.3 is 0 Å². The van der Waals surface area contributed by atoms with Gasteiger partial charge in [0.15, 0.2) is 0 Å². The van der Waals surface area contributed by atoms with Crippen LogP contribution in [0.5, 0.6) is 0 Å². The molecule has 0 aliphatic heterocycles. The first-order chi connectivity index (χ1) is 11.7. The van der Waals surface area contributed by atoms with Gasteiger partial charge in [-0.2, -0.15) is 0 Å². The van der Waals surface area contributed by atoms with Crippen LogP contribution >= 0.6 is 0 Å². The number of hydrogen-bond acceptors (Lipinski definition) is 1. The molecule has 0 heterocycles. The lowest BCUT2D eigenvalue weighted by atomic mass is 10.0. The van der Waals surface area contributed by atoms with E-state index in [4.69, 9.17) is 0 Å². The summed E-state index contributed by atoms with van der Waals surface area (Å²) in [5.41, 5.74) is 4.54. The molecule has 124 valence electrons. The van der Waals surface area contributed by atoms with Crippen LogP contribution in [-0.2, 0) is 0 Å². The average molecular weight is 322 g/mol. The molecule has 2 aromatic carbocycles. The molecule has 0 radical (unpaired) electrons. The first-order valence-electron chi connectivity index (χ1n) is 8.12. The third-order valence-electron chi connectivity index (χ3n) is 3.51. The number of hydrogen-bond donors (Lipinski definition) is 1. The topological polar surface area (TPSA) is 24.4 Å². The highest BCUT2D eigenvalue weighted by Gasteiger charge is 2.03. The van der Waals surface area contributed by atoms with E-state index in [1.807, 2.05) is 24.4 Å². The Morgan fingerprint density at radius 3 is 2.21 bits per heavy atom. The molecule has 2 rings (SSSR count). The largest absolute Gasteiger partial charge is 0.347 e. The highest BCUT2D eigenvalue weighted by Crippen LogP contribution is 2.20. The van der Waals surface area contributed by atoms with Crippen LogP contribution in [0.1, 0.15) is 24.5 Å². The summed E-state index contributed by atoms with van der Waals surface area (Å²) in [6.45, 7) is 3.62. The van der Waals surface area contributed by atoms with E-state index < -0.39 is 6.67 Å². The fraction of sp³-hybridized carbons (Fsp3) is 0.190. The van der Waals surface area contributed by atoms with E-state index in [1.54, 1.807) is 0 Å². The van der Waals surface area contributed by atoms with Crippen molar-refractivity contribution in [3.8, 4) is 11.1 Å². The Kier molecular flexibility index (Phi) is 6.96. The molecule has 0 amide bonds. The Morgan fingerprint density at radius 2 is 1.62 bits per heavy atom. The van der Waals surface area contributed by atoms with Crippen molar-refractivity contribution < 1.29 is 4.39 Å². The maximum absolute atomic E-state index is 12.2. The number of alkyl halides is 1. The Bertz CT molecular complexity index is 711. The zero-order chi connectivity index (χ0) is 17.2. The van der Waals surface area contributed by atoms with Gasteiger partial charge in [-0.05, 0) is 36.7 Å². The quantitative estimate of drug-likeness (QED) is 0.558. The molecule has 0 spiro atoms. The molecule has 0 aromatic heterocycles. The van der Waals surface area contributed by atoms with E-state index >= 15 is 0 Å². The van der Waals surface area contributed by atoms with E-state index in [2.05, 4.69) is 60.6 Å². The van der Waals surface area contributed by atoms with Crippen molar-refractivity contribution in [1.29, 1.82) is 0 Å². The van der Waals surface area contributed by atoms with Crippen molar-refractivity contribution in [2.24, 2.45) is 4.99 Å². The molecule has 0 saturated heterocycles. The lowest BCUT2D eigenvalue weighted by molar-refractivity contribution is 0.561. The highest BCUT2D eigenvalue weighted by atomic mass is 19.1. The SMILES string of the molecule is CC/C=C/NC(=N/C=C/CF)c1ccc(-c2ccc(C)cc2)cc1. The number of nitrogens with zero attached hydrogens (tertiary/aromatic N) is 1. The zero-order valence-electron chi connectivity index (χ0n) is 14.2. The third kappa shape index (κ3) is 5.20. The van der Waals surface area contributed by atoms with Gasteiger partial charge in [-0.1, -0.05) is 67.1 Å². The van der Waals surface area contributed by atoms with Crippen molar-refractivity contribution in [2.45, 2.75) is 20.3 Å². The molecule has 2 nitrogen and oxygen atoms in total. The second-order valence-corrected chi connectivity index (χ2v) is 5.42. The number of allylic oxidation sites excluding steroid dienone is 2. The van der Waals surface area contributed by atoms with Crippen LogP contribution in [0.2, 0.25) is 0 Å². The van der Waals surface area contributed by atoms with Gasteiger partial charge in [0.05, 0.1) is 0 Å². The molecule has 0 aliphatic rings. The van der Waals surface area contributed by atoms with Crippen LogP contribution in [0.4, 0.5) is 4.39 Å². The molecular weight excluding hydrogens is 299 g/mol. The summed E-state index contributed by atoms with van der Waals surface area (Å²) in [6.07, 6.45) is 7.67. The average Bonchev–Trinajstić information content (AvgIpc) is 2.62. The number of halogens is 1. The molecule has 0 bridgehead atoms. The van der Waals surface area contributed by atoms with Gasteiger partial charge in [-0.15, -0.1) is 0 Å². The number of nitrogens with one attached hydrogen (secondary N) is 1. The van der Waals surface area contributed by atoms with Crippen LogP contribution < -0.4 is 5.32 Å². The second kappa shape index (κ2) is 9.46. The Hall–Kier alpha value is -2.68. The van der Waals surface area contributed by atoms with Gasteiger partial charge in [-0.25, -0.2) is 9.38 Å². The van der Waals surface area contributed by atoms with E-state index in [0.29, 0.717) is 5.84 Å². The number of amidine groups is 1. The van der Waals surface area contributed by atoms with Crippen LogP contribution in [0, 0.1) is 6.92 Å². The van der Waals surface area contributed by atoms with Gasteiger partial charge in [0.25, 0.3) is 0 Å². The minimum Gasteiger partial charge on any atom is -0.347 e. The van der Waals surface area contributed by atoms with Gasteiger partial charge < -0.3 is 5.32 Å². The summed E-state index contributed by atoms with van der Waals surface area (Å²) in [7, 11) is 0. The summed E-state index contributed by atoms with van der Waals surface area (Å²) in [5.74, 6) is 0.694. The van der Waals surface area contributed by atoms with Crippen molar-refractivity contribution in [3.05, 3.63) is 84.2 Å². The van der Waals surface area contributed by atoms with Crippen molar-refractivity contribution in [2.75, 3.05) is 6.67 Å². The molecule has 0 atom stereocenters. The Morgan fingerprint density at radius 1 is 1.00 bits per heavy atom. The van der Waals surface area contributed by atoms with Gasteiger partial charge in [-0.3, -0.25) is 0 Å². The first kappa shape index (κ1) is 17.7. The zero-order valence-corrected chi connectivity index (χ0v) is 14.2. The minimum absolute atomic E-state index is 0.520. The van der Waals surface area contributed by atoms with Gasteiger partial charge in [0.1, 0.15) is 12.5 Å². The molecule has 24 heavy (non-hydrogen) atoms. The summed E-state index contributed by atoms with van der Waals surface area (Å²) >= 11 is 0. The van der Waals surface area contributed by atoms with Crippen molar-refractivity contribution in [3.63, 3.8) is 0 Å². The lowest BCUT2D eigenvalue weighted by Crippen LogP contribution is -2.18. The van der Waals surface area contributed by atoms with Crippen molar-refractivity contribution >= 4 is 5.84 Å². The predicted molar refractivity (Wildman–Crippen MR) is 101 cm³/mol. The summed E-state index contributed by atoms with van der Waals surface area (Å²) in [4.78, 5) is 4.30. The van der Waals surface area contributed by atoms with Crippen LogP contribution in [-0.4, -0.2) is 12.5 Å². The number of rotatable bonds is 6. The Balaban J connectivity index is 2.23. The van der Waals surface area contributed by atoms with Crippen LogP contribution in [0.3, 0.4) is 0 Å². The smallest absolute Gasteiger partial charge is 0.137 e. The first-order valence-corrected chi connectivity index (χ1v) is 8.12. The van der Waals surface area contributed by atoms with Crippen LogP contribution in [0.15, 0.2) is 78.1 Å². The molecule has 3 heteroatoms. The molecule has 0 fully saturated rings. The summed E-state index contributed by atoms with van der Waals surface area (Å²) in [5, 5.41) is 3.16. The fourth-order valence-corrected chi connectivity index (χ4v) is 2.18. The molecule has 0 aliphatic carbocycles. The maximum Gasteiger partial charge on any atom is 0.137 e. The van der Waals surface area contributed by atoms with Crippen molar-refractivity contribution in [1.82, 2.24) is 5.32 Å². The highest BCUT2D eigenvalue weighted by molar-refractivity contribution is 6.00. The van der Waals surface area contributed by atoms with E-state index in [1.165, 1.54) is 23.4 Å².